The van der Waals surface area contributed by atoms with E-state index in [0.717, 1.165) is 10.6 Å². The van der Waals surface area contributed by atoms with Crippen LogP contribution in [0.2, 0.25) is 5.02 Å². The number of carbonyl (C=O) groups is 3. The molecule has 0 unspecified atom stereocenters. The lowest BCUT2D eigenvalue weighted by Crippen LogP contribution is -2.32. The fourth-order valence-electron chi connectivity index (χ4n) is 1.92. The quantitative estimate of drug-likeness (QED) is 0.399. The molecule has 1 saturated heterocycles. The van der Waals surface area contributed by atoms with Gasteiger partial charge < -0.3 is 10.6 Å². The van der Waals surface area contributed by atoms with Crippen LogP contribution in [0.15, 0.2) is 29.2 Å². The van der Waals surface area contributed by atoms with Gasteiger partial charge >= 0.3 is 6.03 Å². The Hall–Kier alpha value is -1.73. The summed E-state index contributed by atoms with van der Waals surface area (Å²) in [6.45, 7) is 0.537. The van der Waals surface area contributed by atoms with Gasteiger partial charge in [0.25, 0.3) is 5.91 Å². The molecule has 1 aliphatic heterocycles. The first-order chi connectivity index (χ1) is 10.5. The van der Waals surface area contributed by atoms with Gasteiger partial charge in [0.2, 0.25) is 5.91 Å². The zero-order valence-corrected chi connectivity index (χ0v) is 13.3. The summed E-state index contributed by atoms with van der Waals surface area (Å²) >= 11 is 7.42. The molecule has 1 aliphatic rings. The van der Waals surface area contributed by atoms with Crippen LogP contribution in [0.4, 0.5) is 4.79 Å². The molecule has 0 aliphatic carbocycles. The highest BCUT2D eigenvalue weighted by Crippen LogP contribution is 2.19. The Labute approximate surface area is 137 Å². The third-order valence-electron chi connectivity index (χ3n) is 3.03. The highest BCUT2D eigenvalue weighted by Gasteiger charge is 2.29. The van der Waals surface area contributed by atoms with Crippen molar-refractivity contribution in [2.75, 3.05) is 12.3 Å². The number of imide groups is 1. The van der Waals surface area contributed by atoms with E-state index in [1.807, 2.05) is 24.3 Å². The number of benzene rings is 1. The number of halogens is 1. The molecule has 0 bridgehead atoms. The van der Waals surface area contributed by atoms with E-state index in [0.29, 0.717) is 18.0 Å². The van der Waals surface area contributed by atoms with Crippen molar-refractivity contribution in [2.45, 2.75) is 23.8 Å². The maximum Gasteiger partial charge on any atom is 0.322 e. The molecule has 8 heteroatoms. The Balaban J connectivity index is 1.59. The van der Waals surface area contributed by atoms with Gasteiger partial charge in [-0.25, -0.2) is 4.79 Å². The van der Waals surface area contributed by atoms with Crippen LogP contribution < -0.4 is 16.0 Å². The predicted molar refractivity (Wildman–Crippen MR) is 84.9 cm³/mol. The van der Waals surface area contributed by atoms with Gasteiger partial charge in [-0.15, -0.1) is 11.8 Å². The summed E-state index contributed by atoms with van der Waals surface area (Å²) in [5.41, 5.74) is 0. The number of rotatable bonds is 7. The van der Waals surface area contributed by atoms with Crippen LogP contribution in [0, 0.1) is 0 Å². The predicted octanol–water partition coefficient (Wildman–Crippen LogP) is 1.54. The molecule has 0 spiro atoms. The molecule has 1 aromatic rings. The zero-order valence-electron chi connectivity index (χ0n) is 11.7. The first-order valence-corrected chi connectivity index (χ1v) is 8.17. The Bertz CT molecular complexity index is 565. The lowest BCUT2D eigenvalue weighted by atomic mass is 10.1. The first-order valence-electron chi connectivity index (χ1n) is 6.81. The minimum Gasteiger partial charge on any atom is -0.355 e. The molecule has 118 valence electrons. The van der Waals surface area contributed by atoms with E-state index < -0.39 is 12.1 Å². The van der Waals surface area contributed by atoms with Gasteiger partial charge in [-0.2, -0.15) is 0 Å². The molecule has 1 aromatic carbocycles. The van der Waals surface area contributed by atoms with E-state index in [1.165, 1.54) is 0 Å². The Morgan fingerprint density at radius 1 is 1.27 bits per heavy atom. The Kier molecular flexibility index (Phi) is 6.09. The standard InChI is InChI=1S/C14H16ClN3O3S/c15-9-1-3-10(4-2-9)22-8-7-16-12(19)6-5-11-13(20)18-14(21)17-11/h1-4,11H,5-8H2,(H,16,19)(H2,17,18,20,21)/t11-/m1/s1. The van der Waals surface area contributed by atoms with Crippen LogP contribution >= 0.6 is 23.4 Å². The molecule has 1 heterocycles. The largest absolute Gasteiger partial charge is 0.355 e. The molecule has 0 aromatic heterocycles. The van der Waals surface area contributed by atoms with Crippen LogP contribution in [-0.2, 0) is 9.59 Å². The van der Waals surface area contributed by atoms with E-state index in [-0.39, 0.29) is 18.2 Å². The summed E-state index contributed by atoms with van der Waals surface area (Å²) in [6, 6.07) is 6.38. The maximum absolute atomic E-state index is 11.7. The van der Waals surface area contributed by atoms with E-state index in [2.05, 4.69) is 16.0 Å². The average molecular weight is 342 g/mol. The third kappa shape index (κ3) is 5.23. The fourth-order valence-corrected chi connectivity index (χ4v) is 2.81. The fraction of sp³-hybridized carbons (Fsp3) is 0.357. The minimum absolute atomic E-state index is 0.134. The number of amides is 4. The summed E-state index contributed by atoms with van der Waals surface area (Å²) in [7, 11) is 0. The summed E-state index contributed by atoms with van der Waals surface area (Å²) in [4.78, 5) is 35.0. The second kappa shape index (κ2) is 8.05. The highest BCUT2D eigenvalue weighted by atomic mass is 35.5. The highest BCUT2D eigenvalue weighted by molar-refractivity contribution is 7.99. The summed E-state index contributed by atoms with van der Waals surface area (Å²) in [6.07, 6.45) is 0.498. The minimum atomic E-state index is -0.610. The molecular formula is C14H16ClN3O3S. The topological polar surface area (TPSA) is 87.3 Å². The number of thioether (sulfide) groups is 1. The van der Waals surface area contributed by atoms with Crippen molar-refractivity contribution in [3.63, 3.8) is 0 Å². The number of hydrogen-bond acceptors (Lipinski definition) is 4. The molecule has 1 fully saturated rings. The van der Waals surface area contributed by atoms with Gasteiger partial charge in [0.15, 0.2) is 0 Å². The van der Waals surface area contributed by atoms with Crippen molar-refractivity contribution < 1.29 is 14.4 Å². The van der Waals surface area contributed by atoms with Crippen molar-refractivity contribution in [2.24, 2.45) is 0 Å². The number of nitrogens with one attached hydrogen (secondary N) is 3. The normalized spacial score (nSPS) is 17.0. The van der Waals surface area contributed by atoms with Gasteiger partial charge in [0, 0.05) is 28.6 Å². The Morgan fingerprint density at radius 3 is 2.64 bits per heavy atom. The lowest BCUT2D eigenvalue weighted by Gasteiger charge is -2.08. The van der Waals surface area contributed by atoms with Crippen LogP contribution in [0.25, 0.3) is 0 Å². The third-order valence-corrected chi connectivity index (χ3v) is 4.29. The van der Waals surface area contributed by atoms with Gasteiger partial charge in [0.05, 0.1) is 0 Å². The number of hydrogen-bond donors (Lipinski definition) is 3. The smallest absolute Gasteiger partial charge is 0.322 e. The second-order valence-electron chi connectivity index (χ2n) is 4.71. The molecule has 2 rings (SSSR count). The van der Waals surface area contributed by atoms with Crippen LogP contribution in [0.5, 0.6) is 0 Å². The maximum atomic E-state index is 11.7. The summed E-state index contributed by atoms with van der Waals surface area (Å²) in [5.74, 6) is 0.232. The van der Waals surface area contributed by atoms with E-state index in [9.17, 15) is 14.4 Å². The van der Waals surface area contributed by atoms with Crippen LogP contribution in [0.1, 0.15) is 12.8 Å². The molecule has 1 atom stereocenters. The van der Waals surface area contributed by atoms with Crippen LogP contribution in [-0.4, -0.2) is 36.2 Å². The van der Waals surface area contributed by atoms with Crippen molar-refractivity contribution in [1.82, 2.24) is 16.0 Å². The van der Waals surface area contributed by atoms with Gasteiger partial charge in [-0.3, -0.25) is 14.9 Å². The molecule has 22 heavy (non-hydrogen) atoms. The molecule has 3 N–H and O–H groups in total. The SMILES string of the molecule is O=C(CC[C@H]1NC(=O)NC1=O)NCCSc1ccc(Cl)cc1. The zero-order chi connectivity index (χ0) is 15.9. The van der Waals surface area contributed by atoms with E-state index in [4.69, 9.17) is 11.6 Å². The molecular weight excluding hydrogens is 326 g/mol. The molecule has 6 nitrogen and oxygen atoms in total. The molecule has 4 amide bonds. The van der Waals surface area contributed by atoms with Gasteiger partial charge in [-0.1, -0.05) is 11.6 Å². The lowest BCUT2D eigenvalue weighted by molar-refractivity contribution is -0.122. The summed E-state index contributed by atoms with van der Waals surface area (Å²) in [5, 5.41) is 8.07. The van der Waals surface area contributed by atoms with Crippen LogP contribution in [0.3, 0.4) is 0 Å². The van der Waals surface area contributed by atoms with E-state index >= 15 is 0 Å². The van der Waals surface area contributed by atoms with Gasteiger partial charge in [-0.05, 0) is 30.7 Å². The summed E-state index contributed by atoms with van der Waals surface area (Å²) < 4.78 is 0. The monoisotopic (exact) mass is 341 g/mol. The van der Waals surface area contributed by atoms with Crippen molar-refractivity contribution >= 4 is 41.2 Å². The van der Waals surface area contributed by atoms with Crippen molar-refractivity contribution in [1.29, 1.82) is 0 Å². The molecule has 0 saturated carbocycles. The van der Waals surface area contributed by atoms with E-state index in [1.54, 1.807) is 11.8 Å². The van der Waals surface area contributed by atoms with Crippen molar-refractivity contribution in [3.05, 3.63) is 29.3 Å². The van der Waals surface area contributed by atoms with Gasteiger partial charge in [0.1, 0.15) is 6.04 Å². The Morgan fingerprint density at radius 2 is 2.00 bits per heavy atom. The average Bonchev–Trinajstić information content (AvgIpc) is 2.81. The first kappa shape index (κ1) is 16.6. The second-order valence-corrected chi connectivity index (χ2v) is 6.31. The molecule has 0 radical (unpaired) electrons. The van der Waals surface area contributed by atoms with Crippen molar-refractivity contribution in [3.8, 4) is 0 Å². The number of carbonyl (C=O) groups excluding carboxylic acids is 3. The number of urea groups is 1.